The Bertz CT molecular complexity index is 684. The van der Waals surface area contributed by atoms with Crippen LogP contribution in [0.1, 0.15) is 35.7 Å². The van der Waals surface area contributed by atoms with Crippen molar-refractivity contribution < 1.29 is 9.53 Å². The maximum atomic E-state index is 12.4. The van der Waals surface area contributed by atoms with Crippen LogP contribution in [0.4, 0.5) is 5.69 Å². The molecule has 2 aromatic rings. The zero-order valence-electron chi connectivity index (χ0n) is 13.4. The van der Waals surface area contributed by atoms with E-state index in [-0.39, 0.29) is 5.91 Å². The summed E-state index contributed by atoms with van der Waals surface area (Å²) in [5.74, 6) is 0.693. The molecule has 4 nitrogen and oxygen atoms in total. The van der Waals surface area contributed by atoms with Gasteiger partial charge < -0.3 is 15.8 Å². The highest BCUT2D eigenvalue weighted by Gasteiger charge is 2.17. The first-order chi connectivity index (χ1) is 11.0. The van der Waals surface area contributed by atoms with Crippen molar-refractivity contribution in [1.29, 1.82) is 0 Å². The lowest BCUT2D eigenvalue weighted by atomic mass is 10.1. The van der Waals surface area contributed by atoms with Gasteiger partial charge in [0, 0.05) is 12.2 Å². The molecule has 5 heteroatoms. The number of carbonyl (C=O) groups excluding carboxylic acids is 1. The number of anilines is 1. The Labute approximate surface area is 141 Å². The van der Waals surface area contributed by atoms with Gasteiger partial charge in [-0.15, -0.1) is 0 Å². The van der Waals surface area contributed by atoms with E-state index in [1.165, 1.54) is 0 Å². The van der Waals surface area contributed by atoms with E-state index in [0.29, 0.717) is 34.3 Å². The number of hydrogen-bond acceptors (Lipinski definition) is 3. The van der Waals surface area contributed by atoms with Crippen molar-refractivity contribution in [2.75, 3.05) is 12.3 Å². The maximum absolute atomic E-state index is 12.4. The van der Waals surface area contributed by atoms with Crippen LogP contribution in [0.5, 0.6) is 11.5 Å². The fraction of sp³-hybridized carbons (Fsp3) is 0.278. The molecule has 0 aliphatic carbocycles. The normalized spacial score (nSPS) is 10.4. The molecule has 0 fully saturated rings. The minimum atomic E-state index is -0.241. The lowest BCUT2D eigenvalue weighted by molar-refractivity contribution is 0.0951. The van der Waals surface area contributed by atoms with Crippen molar-refractivity contribution in [3.63, 3.8) is 0 Å². The molecule has 0 radical (unpaired) electrons. The molecule has 2 aromatic carbocycles. The van der Waals surface area contributed by atoms with Gasteiger partial charge in [-0.25, -0.2) is 0 Å². The second kappa shape index (κ2) is 7.88. The van der Waals surface area contributed by atoms with Gasteiger partial charge in [0.15, 0.2) is 5.75 Å². The summed E-state index contributed by atoms with van der Waals surface area (Å²) in [4.78, 5) is 12.4. The summed E-state index contributed by atoms with van der Waals surface area (Å²) >= 11 is 6.24. The minimum absolute atomic E-state index is 0.241. The lowest BCUT2D eigenvalue weighted by Gasteiger charge is -2.14. The quantitative estimate of drug-likeness (QED) is 0.602. The number of aryl methyl sites for hydroxylation is 1. The number of nitrogens with two attached hydrogens (primary N) is 1. The smallest absolute Gasteiger partial charge is 0.255 e. The van der Waals surface area contributed by atoms with Gasteiger partial charge in [0.2, 0.25) is 0 Å². The molecule has 3 N–H and O–H groups in total. The van der Waals surface area contributed by atoms with E-state index in [4.69, 9.17) is 22.1 Å². The third-order valence-electron chi connectivity index (χ3n) is 3.37. The molecule has 0 spiro atoms. The third-order valence-corrected chi connectivity index (χ3v) is 3.65. The Balaban J connectivity index is 2.29. The predicted molar refractivity (Wildman–Crippen MR) is 94.4 cm³/mol. The fourth-order valence-electron chi connectivity index (χ4n) is 2.08. The van der Waals surface area contributed by atoms with Crippen molar-refractivity contribution in [3.05, 3.63) is 52.5 Å². The standard InChI is InChI=1S/C18H21ClN2O2/c1-3-4-9-21-18(22)15-10-13(20)11-16(19)17(15)23-14-7-5-12(2)6-8-14/h5-8,10-11H,3-4,9,20H2,1-2H3,(H,21,22). The van der Waals surface area contributed by atoms with Gasteiger partial charge in [0.05, 0.1) is 10.6 Å². The van der Waals surface area contributed by atoms with Gasteiger partial charge in [0.1, 0.15) is 5.75 Å². The van der Waals surface area contributed by atoms with Crippen LogP contribution in [0.3, 0.4) is 0 Å². The van der Waals surface area contributed by atoms with Crippen LogP contribution < -0.4 is 15.8 Å². The van der Waals surface area contributed by atoms with E-state index in [0.717, 1.165) is 18.4 Å². The molecule has 122 valence electrons. The highest BCUT2D eigenvalue weighted by Crippen LogP contribution is 2.35. The Morgan fingerprint density at radius 3 is 2.61 bits per heavy atom. The van der Waals surface area contributed by atoms with Crippen LogP contribution in [-0.4, -0.2) is 12.5 Å². The van der Waals surface area contributed by atoms with Crippen LogP contribution in [0, 0.1) is 6.92 Å². The summed E-state index contributed by atoms with van der Waals surface area (Å²) in [6.45, 7) is 4.66. The highest BCUT2D eigenvalue weighted by atomic mass is 35.5. The van der Waals surface area contributed by atoms with Crippen LogP contribution in [0.15, 0.2) is 36.4 Å². The van der Waals surface area contributed by atoms with Crippen LogP contribution >= 0.6 is 11.6 Å². The molecular formula is C18H21ClN2O2. The van der Waals surface area contributed by atoms with Gasteiger partial charge >= 0.3 is 0 Å². The van der Waals surface area contributed by atoms with Gasteiger partial charge in [-0.1, -0.05) is 42.6 Å². The van der Waals surface area contributed by atoms with Gasteiger partial charge in [-0.05, 0) is 37.6 Å². The number of carbonyl (C=O) groups is 1. The van der Waals surface area contributed by atoms with E-state index in [2.05, 4.69) is 12.2 Å². The Morgan fingerprint density at radius 2 is 1.96 bits per heavy atom. The van der Waals surface area contributed by atoms with Crippen molar-refractivity contribution in [2.45, 2.75) is 26.7 Å². The number of amides is 1. The molecule has 0 aliphatic rings. The van der Waals surface area contributed by atoms with Gasteiger partial charge in [0.25, 0.3) is 5.91 Å². The van der Waals surface area contributed by atoms with E-state index in [9.17, 15) is 4.79 Å². The van der Waals surface area contributed by atoms with Crippen LogP contribution in [-0.2, 0) is 0 Å². The molecule has 0 aromatic heterocycles. The Morgan fingerprint density at radius 1 is 1.26 bits per heavy atom. The van der Waals surface area contributed by atoms with Crippen molar-refractivity contribution >= 4 is 23.2 Å². The lowest BCUT2D eigenvalue weighted by Crippen LogP contribution is -2.25. The zero-order valence-corrected chi connectivity index (χ0v) is 14.1. The molecule has 23 heavy (non-hydrogen) atoms. The predicted octanol–water partition coefficient (Wildman–Crippen LogP) is 4.55. The Hall–Kier alpha value is -2.20. The molecule has 0 aliphatic heterocycles. The van der Waals surface area contributed by atoms with Crippen LogP contribution in [0.2, 0.25) is 5.02 Å². The van der Waals surface area contributed by atoms with Gasteiger partial charge in [-0.3, -0.25) is 4.79 Å². The van der Waals surface area contributed by atoms with Crippen molar-refractivity contribution in [3.8, 4) is 11.5 Å². The summed E-state index contributed by atoms with van der Waals surface area (Å²) in [5.41, 5.74) is 7.70. The molecule has 1 amide bonds. The largest absolute Gasteiger partial charge is 0.455 e. The van der Waals surface area contributed by atoms with E-state index in [1.54, 1.807) is 12.1 Å². The van der Waals surface area contributed by atoms with Crippen molar-refractivity contribution in [1.82, 2.24) is 5.32 Å². The van der Waals surface area contributed by atoms with Crippen molar-refractivity contribution in [2.24, 2.45) is 0 Å². The second-order valence-electron chi connectivity index (χ2n) is 5.40. The molecule has 2 rings (SSSR count). The molecule has 0 saturated carbocycles. The number of nitrogens with one attached hydrogen (secondary N) is 1. The van der Waals surface area contributed by atoms with Crippen LogP contribution in [0.25, 0.3) is 0 Å². The summed E-state index contributed by atoms with van der Waals surface area (Å²) in [6, 6.07) is 10.7. The summed E-state index contributed by atoms with van der Waals surface area (Å²) in [5, 5.41) is 3.17. The number of halogens is 1. The number of hydrogen-bond donors (Lipinski definition) is 2. The summed E-state index contributed by atoms with van der Waals surface area (Å²) in [6.07, 6.45) is 1.92. The fourth-order valence-corrected chi connectivity index (χ4v) is 2.35. The van der Waals surface area contributed by atoms with E-state index in [1.807, 2.05) is 31.2 Å². The number of rotatable bonds is 6. The minimum Gasteiger partial charge on any atom is -0.455 e. The topological polar surface area (TPSA) is 64.4 Å². The maximum Gasteiger partial charge on any atom is 0.255 e. The SMILES string of the molecule is CCCCNC(=O)c1cc(N)cc(Cl)c1Oc1ccc(C)cc1. The molecule has 0 atom stereocenters. The zero-order chi connectivity index (χ0) is 16.8. The summed E-state index contributed by atoms with van der Waals surface area (Å²) < 4.78 is 5.83. The number of unbranched alkanes of at least 4 members (excludes halogenated alkanes) is 1. The van der Waals surface area contributed by atoms with E-state index >= 15 is 0 Å². The van der Waals surface area contributed by atoms with Gasteiger partial charge in [-0.2, -0.15) is 0 Å². The molecular weight excluding hydrogens is 312 g/mol. The first kappa shape index (κ1) is 17.2. The number of benzene rings is 2. The molecule has 0 unspecified atom stereocenters. The Kier molecular flexibility index (Phi) is 5.88. The first-order valence-electron chi connectivity index (χ1n) is 7.63. The number of nitrogen functional groups attached to an aromatic ring is 1. The average Bonchev–Trinajstić information content (AvgIpc) is 2.51. The summed E-state index contributed by atoms with van der Waals surface area (Å²) in [7, 11) is 0. The third kappa shape index (κ3) is 4.63. The second-order valence-corrected chi connectivity index (χ2v) is 5.81. The highest BCUT2D eigenvalue weighted by molar-refractivity contribution is 6.33. The first-order valence-corrected chi connectivity index (χ1v) is 8.00. The van der Waals surface area contributed by atoms with E-state index < -0.39 is 0 Å². The molecule has 0 bridgehead atoms. The molecule has 0 saturated heterocycles. The molecule has 0 heterocycles. The monoisotopic (exact) mass is 332 g/mol. The number of ether oxygens (including phenoxy) is 1. The average molecular weight is 333 g/mol.